The van der Waals surface area contributed by atoms with Crippen LogP contribution in [0.5, 0.6) is 0 Å². The fourth-order valence-corrected chi connectivity index (χ4v) is 1.24. The predicted molar refractivity (Wildman–Crippen MR) is 51.3 cm³/mol. The predicted octanol–water partition coefficient (Wildman–Crippen LogP) is 2.09. The second kappa shape index (κ2) is 5.49. The molecule has 1 aromatic carbocycles. The lowest BCUT2D eigenvalue weighted by Crippen LogP contribution is -1.96. The Morgan fingerprint density at radius 3 is 2.62 bits per heavy atom. The molecule has 0 bridgehead atoms. The lowest BCUT2D eigenvalue weighted by atomic mass is 10.0. The minimum absolute atomic E-state index is 0.429. The number of hydrogen-bond acceptors (Lipinski definition) is 2. The van der Waals surface area contributed by atoms with Crippen LogP contribution in [-0.2, 0) is 4.79 Å². The SMILES string of the molecule is O=CCCCC(O)c1ccccc1. The van der Waals surface area contributed by atoms with Crippen molar-refractivity contribution in [3.8, 4) is 0 Å². The summed E-state index contributed by atoms with van der Waals surface area (Å²) in [4.78, 5) is 10.0. The van der Waals surface area contributed by atoms with E-state index in [0.29, 0.717) is 12.8 Å². The van der Waals surface area contributed by atoms with Gasteiger partial charge >= 0.3 is 0 Å². The molecule has 0 amide bonds. The van der Waals surface area contributed by atoms with Gasteiger partial charge in [-0.05, 0) is 18.4 Å². The summed E-state index contributed by atoms with van der Waals surface area (Å²) in [5.41, 5.74) is 0.924. The molecule has 0 aliphatic heterocycles. The Morgan fingerprint density at radius 2 is 2.00 bits per heavy atom. The number of hydrogen-bond donors (Lipinski definition) is 1. The number of carbonyl (C=O) groups excluding carboxylic acids is 1. The average Bonchev–Trinajstić information content (AvgIpc) is 2.19. The minimum atomic E-state index is -0.429. The van der Waals surface area contributed by atoms with E-state index in [4.69, 9.17) is 0 Å². The van der Waals surface area contributed by atoms with Crippen LogP contribution in [0, 0.1) is 0 Å². The van der Waals surface area contributed by atoms with Gasteiger partial charge in [0.15, 0.2) is 0 Å². The van der Waals surface area contributed by atoms with E-state index in [-0.39, 0.29) is 0 Å². The molecule has 1 rings (SSSR count). The van der Waals surface area contributed by atoms with Crippen LogP contribution in [0.25, 0.3) is 0 Å². The maximum Gasteiger partial charge on any atom is 0.119 e. The first-order valence-electron chi connectivity index (χ1n) is 4.51. The highest BCUT2D eigenvalue weighted by molar-refractivity contribution is 5.48. The van der Waals surface area contributed by atoms with Crippen molar-refractivity contribution in [2.24, 2.45) is 0 Å². The van der Waals surface area contributed by atoms with Gasteiger partial charge in [0.05, 0.1) is 6.10 Å². The summed E-state index contributed by atoms with van der Waals surface area (Å²) in [5, 5.41) is 9.63. The Kier molecular flexibility index (Phi) is 4.19. The van der Waals surface area contributed by atoms with E-state index in [1.807, 2.05) is 30.3 Å². The maximum absolute atomic E-state index is 10.0. The molecule has 0 aliphatic rings. The van der Waals surface area contributed by atoms with Crippen LogP contribution in [0.15, 0.2) is 30.3 Å². The molecule has 2 heteroatoms. The van der Waals surface area contributed by atoms with Crippen LogP contribution in [0.2, 0.25) is 0 Å². The summed E-state index contributed by atoms with van der Waals surface area (Å²) < 4.78 is 0. The molecule has 0 saturated heterocycles. The molecule has 0 aromatic heterocycles. The Hall–Kier alpha value is -1.15. The Balaban J connectivity index is 2.39. The van der Waals surface area contributed by atoms with Crippen molar-refractivity contribution in [3.63, 3.8) is 0 Å². The molecule has 0 heterocycles. The minimum Gasteiger partial charge on any atom is -0.388 e. The largest absolute Gasteiger partial charge is 0.388 e. The third-order valence-corrected chi connectivity index (χ3v) is 1.98. The summed E-state index contributed by atoms with van der Waals surface area (Å²) in [7, 11) is 0. The number of aliphatic hydroxyl groups is 1. The third kappa shape index (κ3) is 3.38. The van der Waals surface area contributed by atoms with Crippen LogP contribution in [0.3, 0.4) is 0 Å². The van der Waals surface area contributed by atoms with Crippen LogP contribution in [-0.4, -0.2) is 11.4 Å². The Morgan fingerprint density at radius 1 is 1.31 bits per heavy atom. The lowest BCUT2D eigenvalue weighted by molar-refractivity contribution is -0.108. The lowest BCUT2D eigenvalue weighted by Gasteiger charge is -2.08. The molecule has 1 atom stereocenters. The van der Waals surface area contributed by atoms with E-state index in [1.165, 1.54) is 0 Å². The van der Waals surface area contributed by atoms with E-state index in [1.54, 1.807) is 0 Å². The van der Waals surface area contributed by atoms with E-state index in [0.717, 1.165) is 18.3 Å². The molecule has 1 unspecified atom stereocenters. The van der Waals surface area contributed by atoms with Crippen molar-refractivity contribution in [2.45, 2.75) is 25.4 Å². The third-order valence-electron chi connectivity index (χ3n) is 1.98. The van der Waals surface area contributed by atoms with Gasteiger partial charge in [-0.25, -0.2) is 0 Å². The summed E-state index contributed by atoms with van der Waals surface area (Å²) in [5.74, 6) is 0. The highest BCUT2D eigenvalue weighted by Gasteiger charge is 2.04. The Bertz CT molecular complexity index is 244. The summed E-state index contributed by atoms with van der Waals surface area (Å²) >= 11 is 0. The number of aliphatic hydroxyl groups excluding tert-OH is 1. The van der Waals surface area contributed by atoms with E-state index in [2.05, 4.69) is 0 Å². The maximum atomic E-state index is 10.0. The summed E-state index contributed by atoms with van der Waals surface area (Å²) in [6, 6.07) is 9.51. The highest BCUT2D eigenvalue weighted by Crippen LogP contribution is 2.17. The molecule has 70 valence electrons. The fraction of sp³-hybridized carbons (Fsp3) is 0.364. The van der Waals surface area contributed by atoms with Crippen molar-refractivity contribution in [1.82, 2.24) is 0 Å². The normalized spacial score (nSPS) is 12.4. The number of aldehydes is 1. The van der Waals surface area contributed by atoms with Crippen LogP contribution < -0.4 is 0 Å². The molecule has 0 aliphatic carbocycles. The van der Waals surface area contributed by atoms with Crippen molar-refractivity contribution < 1.29 is 9.90 Å². The van der Waals surface area contributed by atoms with Gasteiger partial charge in [-0.15, -0.1) is 0 Å². The van der Waals surface area contributed by atoms with Gasteiger partial charge in [-0.2, -0.15) is 0 Å². The van der Waals surface area contributed by atoms with Gasteiger partial charge in [0.2, 0.25) is 0 Å². The zero-order chi connectivity index (χ0) is 9.52. The first-order valence-corrected chi connectivity index (χ1v) is 4.51. The van der Waals surface area contributed by atoms with Crippen molar-refractivity contribution in [2.75, 3.05) is 0 Å². The van der Waals surface area contributed by atoms with E-state index < -0.39 is 6.10 Å². The molecule has 13 heavy (non-hydrogen) atoms. The first kappa shape index (κ1) is 9.93. The molecule has 1 N–H and O–H groups in total. The zero-order valence-electron chi connectivity index (χ0n) is 7.52. The van der Waals surface area contributed by atoms with Crippen LogP contribution in [0.1, 0.15) is 30.9 Å². The van der Waals surface area contributed by atoms with Gasteiger partial charge in [0, 0.05) is 6.42 Å². The summed E-state index contributed by atoms with van der Waals surface area (Å²) in [6.07, 6.45) is 2.39. The average molecular weight is 178 g/mol. The smallest absolute Gasteiger partial charge is 0.119 e. The second-order valence-corrected chi connectivity index (χ2v) is 3.02. The molecular formula is C11H14O2. The second-order valence-electron chi connectivity index (χ2n) is 3.02. The van der Waals surface area contributed by atoms with Gasteiger partial charge in [-0.1, -0.05) is 30.3 Å². The van der Waals surface area contributed by atoms with Crippen molar-refractivity contribution >= 4 is 6.29 Å². The van der Waals surface area contributed by atoms with Crippen molar-refractivity contribution in [3.05, 3.63) is 35.9 Å². The summed E-state index contributed by atoms with van der Waals surface area (Å²) in [6.45, 7) is 0. The van der Waals surface area contributed by atoms with Gasteiger partial charge in [0.25, 0.3) is 0 Å². The molecule has 0 spiro atoms. The standard InChI is InChI=1S/C11H14O2/c12-9-5-4-8-11(13)10-6-2-1-3-7-10/h1-3,6-7,9,11,13H,4-5,8H2. The fourth-order valence-electron chi connectivity index (χ4n) is 1.24. The topological polar surface area (TPSA) is 37.3 Å². The van der Waals surface area contributed by atoms with Gasteiger partial charge in [0.1, 0.15) is 6.29 Å². The van der Waals surface area contributed by atoms with Gasteiger partial charge in [-0.3, -0.25) is 0 Å². The van der Waals surface area contributed by atoms with Crippen LogP contribution >= 0.6 is 0 Å². The highest BCUT2D eigenvalue weighted by atomic mass is 16.3. The quantitative estimate of drug-likeness (QED) is 0.553. The monoisotopic (exact) mass is 178 g/mol. The van der Waals surface area contributed by atoms with Crippen molar-refractivity contribution in [1.29, 1.82) is 0 Å². The number of carbonyl (C=O) groups is 1. The molecule has 0 radical (unpaired) electrons. The zero-order valence-corrected chi connectivity index (χ0v) is 7.52. The van der Waals surface area contributed by atoms with E-state index in [9.17, 15) is 9.90 Å². The number of rotatable bonds is 5. The van der Waals surface area contributed by atoms with Gasteiger partial charge < -0.3 is 9.90 Å². The van der Waals surface area contributed by atoms with E-state index >= 15 is 0 Å². The molecular weight excluding hydrogens is 164 g/mol. The van der Waals surface area contributed by atoms with Crippen LogP contribution in [0.4, 0.5) is 0 Å². The Labute approximate surface area is 78.2 Å². The number of benzene rings is 1. The molecule has 2 nitrogen and oxygen atoms in total. The molecule has 0 fully saturated rings. The first-order chi connectivity index (χ1) is 6.34. The molecule has 1 aromatic rings. The molecule has 0 saturated carbocycles. The number of unbranched alkanes of at least 4 members (excludes halogenated alkanes) is 1.